The predicted molar refractivity (Wildman–Crippen MR) is 142 cm³/mol. The van der Waals surface area contributed by atoms with Gasteiger partial charge in [-0.2, -0.15) is 14.6 Å². The number of halogens is 2. The van der Waals surface area contributed by atoms with Gasteiger partial charge in [0.2, 0.25) is 5.95 Å². The zero-order chi connectivity index (χ0) is 27.8. The van der Waals surface area contributed by atoms with Crippen molar-refractivity contribution in [3.8, 4) is 17.2 Å². The van der Waals surface area contributed by atoms with Gasteiger partial charge in [-0.25, -0.2) is 13.8 Å². The lowest BCUT2D eigenvalue weighted by atomic mass is 10.2. The molecule has 1 aromatic carbocycles. The monoisotopic (exact) mass is 554 g/mol. The molecular weight excluding hydrogens is 526 g/mol. The zero-order valence-electron chi connectivity index (χ0n) is 21.5. The summed E-state index contributed by atoms with van der Waals surface area (Å²) in [6.45, 7) is 2.91. The molecule has 0 aliphatic carbocycles. The number of ether oxygens (including phenoxy) is 1. The number of aliphatic hydroxyl groups is 2. The number of hydrogen-bond acceptors (Lipinski definition) is 10. The van der Waals surface area contributed by atoms with Gasteiger partial charge in [0.15, 0.2) is 23.0 Å². The summed E-state index contributed by atoms with van der Waals surface area (Å²) < 4.78 is 43.0. The van der Waals surface area contributed by atoms with Crippen LogP contribution in [-0.2, 0) is 6.54 Å². The van der Waals surface area contributed by atoms with Crippen LogP contribution in [-0.4, -0.2) is 91.3 Å². The first-order chi connectivity index (χ1) is 19.4. The lowest BCUT2D eigenvalue weighted by Crippen LogP contribution is -2.47. The summed E-state index contributed by atoms with van der Waals surface area (Å²) in [6, 6.07) is 7.56. The summed E-state index contributed by atoms with van der Waals surface area (Å²) in [5.74, 6) is -0.854. The Morgan fingerprint density at radius 1 is 1.10 bits per heavy atom. The number of furan rings is 1. The van der Waals surface area contributed by atoms with Crippen LogP contribution in [0.25, 0.3) is 28.1 Å². The first-order valence-corrected chi connectivity index (χ1v) is 12.8. The number of fused-ring (bicyclic) bond motifs is 3. The topological polar surface area (TPSA) is 143 Å². The van der Waals surface area contributed by atoms with Crippen LogP contribution in [0.4, 0.5) is 20.4 Å². The molecule has 0 unspecified atom stereocenters. The van der Waals surface area contributed by atoms with Crippen molar-refractivity contribution in [2.45, 2.75) is 12.6 Å². The van der Waals surface area contributed by atoms with Gasteiger partial charge in [-0.1, -0.05) is 0 Å². The van der Waals surface area contributed by atoms with E-state index in [1.54, 1.807) is 23.2 Å². The van der Waals surface area contributed by atoms with E-state index in [0.717, 1.165) is 11.6 Å². The van der Waals surface area contributed by atoms with E-state index in [-0.39, 0.29) is 24.0 Å². The van der Waals surface area contributed by atoms with Crippen LogP contribution in [0.1, 0.15) is 0 Å². The second-order valence-electron chi connectivity index (χ2n) is 9.59. The third kappa shape index (κ3) is 4.92. The predicted octanol–water partition coefficient (Wildman–Crippen LogP) is 1.75. The number of nitrogens with two attached hydrogens (primary N) is 1. The minimum Gasteiger partial charge on any atom is -0.488 e. The number of piperazine rings is 1. The smallest absolute Gasteiger partial charge is 0.223 e. The summed E-state index contributed by atoms with van der Waals surface area (Å²) in [4.78, 5) is 13.2. The Labute approximate surface area is 226 Å². The fraction of sp³-hybridized carbons (Fsp3) is 0.346. The van der Waals surface area contributed by atoms with Crippen molar-refractivity contribution in [2.75, 3.05) is 56.6 Å². The van der Waals surface area contributed by atoms with Gasteiger partial charge < -0.3 is 34.6 Å². The number of hydrogen-bond donors (Lipinski definition) is 3. The molecule has 5 aromatic rings. The van der Waals surface area contributed by atoms with Crippen molar-refractivity contribution in [2.24, 2.45) is 0 Å². The molecule has 0 saturated carbocycles. The number of aromatic nitrogens is 5. The molecule has 4 N–H and O–H groups in total. The molecule has 6 rings (SSSR count). The van der Waals surface area contributed by atoms with Crippen LogP contribution >= 0.6 is 0 Å². The molecule has 1 aliphatic heterocycles. The van der Waals surface area contributed by atoms with Gasteiger partial charge >= 0.3 is 0 Å². The first-order valence-electron chi connectivity index (χ1n) is 12.8. The lowest BCUT2D eigenvalue weighted by molar-refractivity contribution is 0.0523. The highest BCUT2D eigenvalue weighted by atomic mass is 19.1. The maximum absolute atomic E-state index is 14.6. The number of imidazole rings is 1. The van der Waals surface area contributed by atoms with Crippen molar-refractivity contribution in [3.05, 3.63) is 54.6 Å². The van der Waals surface area contributed by atoms with Gasteiger partial charge in [-0.15, -0.1) is 0 Å². The van der Waals surface area contributed by atoms with E-state index in [1.165, 1.54) is 6.07 Å². The highest BCUT2D eigenvalue weighted by Gasteiger charge is 2.23. The molecule has 210 valence electrons. The van der Waals surface area contributed by atoms with E-state index < -0.39 is 24.3 Å². The van der Waals surface area contributed by atoms with Gasteiger partial charge in [0.05, 0.1) is 24.9 Å². The number of rotatable bonds is 9. The number of anilines is 2. The molecule has 5 heterocycles. The average molecular weight is 555 g/mol. The Morgan fingerprint density at radius 3 is 2.67 bits per heavy atom. The Bertz CT molecular complexity index is 1630. The second kappa shape index (κ2) is 10.7. The Morgan fingerprint density at radius 2 is 1.93 bits per heavy atom. The average Bonchev–Trinajstić information content (AvgIpc) is 3.72. The van der Waals surface area contributed by atoms with Gasteiger partial charge in [0, 0.05) is 51.4 Å². The maximum atomic E-state index is 14.6. The molecule has 1 atom stereocenters. The highest BCUT2D eigenvalue weighted by molar-refractivity contribution is 5.90. The molecular formula is C26H28F2N8O4. The summed E-state index contributed by atoms with van der Waals surface area (Å²) in [5.41, 5.74) is 9.15. The molecule has 12 nitrogen and oxygen atoms in total. The normalized spacial score (nSPS) is 15.3. The molecule has 4 aromatic heterocycles. The molecule has 14 heteroatoms. The fourth-order valence-corrected chi connectivity index (χ4v) is 4.83. The summed E-state index contributed by atoms with van der Waals surface area (Å²) >= 11 is 0. The molecule has 40 heavy (non-hydrogen) atoms. The van der Waals surface area contributed by atoms with Crippen LogP contribution in [0, 0.1) is 11.6 Å². The maximum Gasteiger partial charge on any atom is 0.223 e. The lowest BCUT2D eigenvalue weighted by Gasteiger charge is -2.36. The SMILES string of the molecule is Nc1nc2c(ncn2CCN2CCN(c3cc(OC[C@@H](O)CO)c(F)cc3F)CC2)c2cc(-c3ccco3)nn12. The van der Waals surface area contributed by atoms with Gasteiger partial charge in [-0.05, 0) is 18.2 Å². The van der Waals surface area contributed by atoms with Crippen LogP contribution < -0.4 is 15.4 Å². The molecule has 0 spiro atoms. The van der Waals surface area contributed by atoms with E-state index in [2.05, 4.69) is 20.0 Å². The third-order valence-corrected chi connectivity index (χ3v) is 6.99. The first kappa shape index (κ1) is 26.0. The Balaban J connectivity index is 1.11. The van der Waals surface area contributed by atoms with Crippen molar-refractivity contribution in [1.82, 2.24) is 29.0 Å². The second-order valence-corrected chi connectivity index (χ2v) is 9.59. The largest absolute Gasteiger partial charge is 0.488 e. The van der Waals surface area contributed by atoms with E-state index in [0.29, 0.717) is 61.9 Å². The minimum absolute atomic E-state index is 0.173. The standard InChI is InChI=1S/C26H28F2N8O4/c27-17-10-18(28)23(40-14-16(38)13-37)12-20(17)34-6-3-33(4-7-34)5-8-35-15-30-24-21-11-19(22-2-1-9-39-22)32-36(21)26(29)31-25(24)35/h1-2,9-12,15-16,37-38H,3-8,13-14H2,(H2,29,31)/t16-/m0/s1. The zero-order valence-corrected chi connectivity index (χ0v) is 21.5. The van der Waals surface area contributed by atoms with E-state index in [1.807, 2.05) is 21.6 Å². The van der Waals surface area contributed by atoms with E-state index in [4.69, 9.17) is 20.0 Å². The number of nitrogens with zero attached hydrogens (tertiary/aromatic N) is 7. The molecule has 0 radical (unpaired) electrons. The molecule has 0 bridgehead atoms. The quantitative estimate of drug-likeness (QED) is 0.247. The molecule has 1 aliphatic rings. The summed E-state index contributed by atoms with van der Waals surface area (Å²) in [5, 5.41) is 22.9. The van der Waals surface area contributed by atoms with Gasteiger partial charge in [-0.3, -0.25) is 4.90 Å². The van der Waals surface area contributed by atoms with Gasteiger partial charge in [0.25, 0.3) is 0 Å². The van der Waals surface area contributed by atoms with Crippen molar-refractivity contribution < 1.29 is 28.1 Å². The van der Waals surface area contributed by atoms with Crippen LogP contribution in [0.5, 0.6) is 5.75 Å². The third-order valence-electron chi connectivity index (χ3n) is 6.99. The van der Waals surface area contributed by atoms with Crippen LogP contribution in [0.15, 0.2) is 47.3 Å². The van der Waals surface area contributed by atoms with Gasteiger partial charge in [0.1, 0.15) is 35.3 Å². The van der Waals surface area contributed by atoms with E-state index in [9.17, 15) is 13.9 Å². The van der Waals surface area contributed by atoms with E-state index >= 15 is 0 Å². The van der Waals surface area contributed by atoms with Crippen molar-refractivity contribution in [3.63, 3.8) is 0 Å². The fourth-order valence-electron chi connectivity index (χ4n) is 4.83. The number of aliphatic hydroxyl groups excluding tert-OH is 2. The Hall–Kier alpha value is -4.27. The minimum atomic E-state index is -1.15. The summed E-state index contributed by atoms with van der Waals surface area (Å²) in [7, 11) is 0. The number of benzene rings is 1. The summed E-state index contributed by atoms with van der Waals surface area (Å²) in [6.07, 6.45) is 2.16. The van der Waals surface area contributed by atoms with Crippen molar-refractivity contribution >= 4 is 28.3 Å². The van der Waals surface area contributed by atoms with Crippen molar-refractivity contribution in [1.29, 1.82) is 0 Å². The number of nitrogen functional groups attached to an aromatic ring is 1. The molecule has 1 saturated heterocycles. The Kier molecular flexibility index (Phi) is 6.96. The van der Waals surface area contributed by atoms with Crippen LogP contribution in [0.3, 0.4) is 0 Å². The highest BCUT2D eigenvalue weighted by Crippen LogP contribution is 2.30. The molecule has 1 fully saturated rings. The van der Waals surface area contributed by atoms with Crippen LogP contribution in [0.2, 0.25) is 0 Å². The molecule has 0 amide bonds.